The Morgan fingerprint density at radius 1 is 1.23 bits per heavy atom. The molecule has 1 aromatic carbocycles. The number of nitrogens with zero attached hydrogens (tertiary/aromatic N) is 3. The van der Waals surface area contributed by atoms with E-state index < -0.39 is 12.1 Å². The lowest BCUT2D eigenvalue weighted by Gasteiger charge is -2.53. The van der Waals surface area contributed by atoms with E-state index in [0.29, 0.717) is 35.6 Å². The summed E-state index contributed by atoms with van der Waals surface area (Å²) >= 11 is 0. The molecule has 2 N–H and O–H groups in total. The molecule has 0 amide bonds. The molecule has 1 spiro atoms. The molecule has 2 aromatic heterocycles. The summed E-state index contributed by atoms with van der Waals surface area (Å²) in [7, 11) is 0. The number of pyridine rings is 2. The Hall–Kier alpha value is -3.14. The van der Waals surface area contributed by atoms with Crippen LogP contribution in [0.4, 0.5) is 4.39 Å². The summed E-state index contributed by atoms with van der Waals surface area (Å²) in [6.07, 6.45) is 0.102. The topological polar surface area (TPSA) is 105 Å². The van der Waals surface area contributed by atoms with Gasteiger partial charge in [-0.1, -0.05) is 0 Å². The number of carbonyl (C=O) groups excluding carboxylic acids is 1. The van der Waals surface area contributed by atoms with Gasteiger partial charge in [0.05, 0.1) is 35.6 Å². The highest BCUT2D eigenvalue weighted by Crippen LogP contribution is 2.51. The number of likely N-dealkylation sites (tertiary alicyclic amines) is 1. The number of benzene rings is 1. The fraction of sp³-hybridized carbons (Fsp3) is 0.423. The van der Waals surface area contributed by atoms with E-state index >= 15 is 0 Å². The van der Waals surface area contributed by atoms with Gasteiger partial charge in [0.1, 0.15) is 12.4 Å². The maximum absolute atomic E-state index is 14.9. The summed E-state index contributed by atoms with van der Waals surface area (Å²) in [6.45, 7) is 4.25. The lowest BCUT2D eigenvalue weighted by atomic mass is 9.63. The predicted molar refractivity (Wildman–Crippen MR) is 124 cm³/mol. The second-order valence-electron chi connectivity index (χ2n) is 10.2. The number of ether oxygens (including phenoxy) is 1. The number of aryl methyl sites for hydroxylation is 1. The third kappa shape index (κ3) is 2.63. The Morgan fingerprint density at radius 3 is 2.80 bits per heavy atom. The number of cyclic esters (lactones) is 1. The van der Waals surface area contributed by atoms with E-state index in [1.807, 2.05) is 6.92 Å². The zero-order valence-electron chi connectivity index (χ0n) is 19.2. The van der Waals surface area contributed by atoms with Gasteiger partial charge in [0, 0.05) is 47.6 Å². The normalized spacial score (nSPS) is 21.5. The SMILES string of the molecule is Cc1c(F)cc2nc3c(c4c2c1CCC41CN(CCO)C1)Cn1c-3cc2c(c1=O)COC(=O)[C@H]2O. The molecule has 8 nitrogen and oxygen atoms in total. The molecular formula is C26H24FN3O5. The quantitative estimate of drug-likeness (QED) is 0.421. The standard InChI is InChI=1S/C26H24FN3O5/c1-12-13-2-3-26(10-29(11-26)4-5-31)21-15-8-30-19(22(15)28-18(20(13)21)7-17(12)27)6-14-16(24(30)33)9-35-25(34)23(14)32/h6-7,23,31-32H,2-5,8-11H2,1H3/t23-/m0/s1. The van der Waals surface area contributed by atoms with Crippen LogP contribution in [0.3, 0.4) is 0 Å². The fourth-order valence-electron chi connectivity index (χ4n) is 6.75. The number of aromatic nitrogens is 2. The Kier molecular flexibility index (Phi) is 4.21. The molecule has 5 heterocycles. The van der Waals surface area contributed by atoms with Crippen LogP contribution in [0.2, 0.25) is 0 Å². The van der Waals surface area contributed by atoms with Crippen molar-refractivity contribution in [3.8, 4) is 11.4 Å². The molecule has 0 saturated carbocycles. The summed E-state index contributed by atoms with van der Waals surface area (Å²) < 4.78 is 21.6. The lowest BCUT2D eigenvalue weighted by molar-refractivity contribution is -0.157. The van der Waals surface area contributed by atoms with Crippen molar-refractivity contribution < 1.29 is 24.1 Å². The molecule has 0 bridgehead atoms. The molecule has 1 aliphatic carbocycles. The van der Waals surface area contributed by atoms with Gasteiger partial charge in [0.25, 0.3) is 5.56 Å². The zero-order valence-corrected chi connectivity index (χ0v) is 19.2. The van der Waals surface area contributed by atoms with Crippen molar-refractivity contribution in [2.24, 2.45) is 0 Å². The minimum atomic E-state index is -1.52. The number of esters is 1. The minimum Gasteiger partial charge on any atom is -0.458 e. The Balaban J connectivity index is 1.51. The molecule has 3 aromatic rings. The fourth-order valence-corrected chi connectivity index (χ4v) is 6.75. The van der Waals surface area contributed by atoms with E-state index in [2.05, 4.69) is 4.90 Å². The molecule has 0 radical (unpaired) electrons. The van der Waals surface area contributed by atoms with E-state index in [4.69, 9.17) is 9.72 Å². The minimum absolute atomic E-state index is 0.0936. The maximum atomic E-state index is 14.9. The average molecular weight is 477 g/mol. The van der Waals surface area contributed by atoms with Crippen molar-refractivity contribution in [1.82, 2.24) is 14.5 Å². The van der Waals surface area contributed by atoms with Gasteiger partial charge >= 0.3 is 5.97 Å². The summed E-state index contributed by atoms with van der Waals surface area (Å²) in [4.78, 5) is 32.5. The highest BCUT2D eigenvalue weighted by molar-refractivity contribution is 5.94. The number of β-amino-alcohol motifs (C(OH)–C–C–N with tert-alkyl or cyclic N) is 1. The van der Waals surface area contributed by atoms with Gasteiger partial charge in [-0.15, -0.1) is 0 Å². The first-order chi connectivity index (χ1) is 16.8. The number of aliphatic hydroxyl groups excluding tert-OH is 2. The molecule has 180 valence electrons. The van der Waals surface area contributed by atoms with Crippen molar-refractivity contribution in [2.45, 2.75) is 44.4 Å². The summed E-state index contributed by atoms with van der Waals surface area (Å²) in [5, 5.41) is 20.8. The van der Waals surface area contributed by atoms with Crippen LogP contribution in [0.5, 0.6) is 0 Å². The molecule has 35 heavy (non-hydrogen) atoms. The first-order valence-electron chi connectivity index (χ1n) is 11.9. The van der Waals surface area contributed by atoms with Crippen LogP contribution in [0.15, 0.2) is 16.9 Å². The van der Waals surface area contributed by atoms with Gasteiger partial charge in [-0.25, -0.2) is 14.2 Å². The van der Waals surface area contributed by atoms with E-state index in [9.17, 15) is 24.2 Å². The number of halogens is 1. The molecule has 1 saturated heterocycles. The van der Waals surface area contributed by atoms with Crippen LogP contribution in [0, 0.1) is 12.7 Å². The number of fused-ring (bicyclic) bond motifs is 6. The van der Waals surface area contributed by atoms with Crippen LogP contribution < -0.4 is 5.56 Å². The molecule has 4 aliphatic rings. The number of hydrogen-bond donors (Lipinski definition) is 2. The highest BCUT2D eigenvalue weighted by atomic mass is 19.1. The van der Waals surface area contributed by atoms with Crippen LogP contribution in [0.1, 0.15) is 45.9 Å². The summed E-state index contributed by atoms with van der Waals surface area (Å²) in [5.74, 6) is -1.07. The number of aliphatic hydroxyl groups is 2. The first-order valence-corrected chi connectivity index (χ1v) is 11.9. The monoisotopic (exact) mass is 477 g/mol. The third-order valence-corrected chi connectivity index (χ3v) is 8.43. The molecule has 1 atom stereocenters. The van der Waals surface area contributed by atoms with E-state index in [0.717, 1.165) is 48.0 Å². The van der Waals surface area contributed by atoms with Crippen molar-refractivity contribution in [3.05, 3.63) is 61.7 Å². The molecule has 1 fully saturated rings. The molecule has 9 heteroatoms. The first kappa shape index (κ1) is 21.2. The van der Waals surface area contributed by atoms with Crippen molar-refractivity contribution in [2.75, 3.05) is 26.2 Å². The third-order valence-electron chi connectivity index (χ3n) is 8.43. The van der Waals surface area contributed by atoms with Gasteiger partial charge in [-0.05, 0) is 42.5 Å². The molecule has 3 aliphatic heterocycles. The second-order valence-corrected chi connectivity index (χ2v) is 10.2. The van der Waals surface area contributed by atoms with Gasteiger partial charge in [0.15, 0.2) is 6.10 Å². The van der Waals surface area contributed by atoms with E-state index in [-0.39, 0.29) is 41.1 Å². The Bertz CT molecular complexity index is 1540. The smallest absolute Gasteiger partial charge is 0.340 e. The summed E-state index contributed by atoms with van der Waals surface area (Å²) in [6, 6.07) is 3.14. The number of rotatable bonds is 2. The molecule has 7 rings (SSSR count). The Morgan fingerprint density at radius 2 is 2.03 bits per heavy atom. The molecule has 0 unspecified atom stereocenters. The zero-order chi connectivity index (χ0) is 24.2. The molecular weight excluding hydrogens is 453 g/mol. The van der Waals surface area contributed by atoms with Crippen LogP contribution >= 0.6 is 0 Å². The van der Waals surface area contributed by atoms with Gasteiger partial charge < -0.3 is 19.5 Å². The van der Waals surface area contributed by atoms with E-state index in [1.54, 1.807) is 10.6 Å². The number of hydrogen-bond acceptors (Lipinski definition) is 7. The van der Waals surface area contributed by atoms with Gasteiger partial charge in [-0.3, -0.25) is 9.69 Å². The van der Waals surface area contributed by atoms with Crippen LogP contribution in [0.25, 0.3) is 22.3 Å². The van der Waals surface area contributed by atoms with Crippen molar-refractivity contribution in [3.63, 3.8) is 0 Å². The predicted octanol–water partition coefficient (Wildman–Crippen LogP) is 1.45. The van der Waals surface area contributed by atoms with Crippen LogP contribution in [-0.4, -0.2) is 56.9 Å². The van der Waals surface area contributed by atoms with E-state index in [1.165, 1.54) is 6.07 Å². The van der Waals surface area contributed by atoms with Crippen molar-refractivity contribution in [1.29, 1.82) is 0 Å². The lowest BCUT2D eigenvalue weighted by Crippen LogP contribution is -2.61. The van der Waals surface area contributed by atoms with Crippen molar-refractivity contribution >= 4 is 16.9 Å². The van der Waals surface area contributed by atoms with Crippen LogP contribution in [-0.2, 0) is 34.5 Å². The average Bonchev–Trinajstić information content (AvgIpc) is 3.18. The Labute approximate surface area is 199 Å². The largest absolute Gasteiger partial charge is 0.458 e. The summed E-state index contributed by atoms with van der Waals surface area (Å²) in [5.41, 5.74) is 5.49. The van der Waals surface area contributed by atoms with Gasteiger partial charge in [0.2, 0.25) is 0 Å². The second kappa shape index (κ2) is 6.96. The van der Waals surface area contributed by atoms with Gasteiger partial charge in [-0.2, -0.15) is 0 Å². The maximum Gasteiger partial charge on any atom is 0.340 e. The highest BCUT2D eigenvalue weighted by Gasteiger charge is 2.50. The number of carbonyl (C=O) groups is 1.